The number of aryl methyl sites for hydroxylation is 2. The van der Waals surface area contributed by atoms with Gasteiger partial charge in [0.05, 0.1) is 5.69 Å². The number of benzene rings is 1. The molecule has 0 fully saturated rings. The van der Waals surface area contributed by atoms with Crippen molar-refractivity contribution in [3.63, 3.8) is 0 Å². The number of hydrogen-bond acceptors (Lipinski definition) is 4. The highest BCUT2D eigenvalue weighted by atomic mass is 32.2. The smallest absolute Gasteiger partial charge is 0.137 e. The predicted molar refractivity (Wildman–Crippen MR) is 79.5 cm³/mol. The van der Waals surface area contributed by atoms with Crippen molar-refractivity contribution in [1.82, 2.24) is 10.5 Å². The fourth-order valence-corrected chi connectivity index (χ4v) is 3.02. The van der Waals surface area contributed by atoms with E-state index in [9.17, 15) is 0 Å². The van der Waals surface area contributed by atoms with E-state index in [0.717, 1.165) is 17.2 Å². The highest BCUT2D eigenvalue weighted by molar-refractivity contribution is 7.98. The molecule has 1 atom stereocenters. The number of hydrogen-bond donors (Lipinski definition) is 1. The van der Waals surface area contributed by atoms with Crippen molar-refractivity contribution in [2.24, 2.45) is 0 Å². The minimum atomic E-state index is 0.375. The van der Waals surface area contributed by atoms with Crippen LogP contribution in [0.2, 0.25) is 0 Å². The lowest BCUT2D eigenvalue weighted by atomic mass is 10.1. The van der Waals surface area contributed by atoms with Crippen molar-refractivity contribution >= 4 is 11.8 Å². The van der Waals surface area contributed by atoms with E-state index < -0.39 is 0 Å². The number of nitrogens with zero attached hydrogens (tertiary/aromatic N) is 1. The maximum atomic E-state index is 5.19. The van der Waals surface area contributed by atoms with E-state index in [1.54, 1.807) is 0 Å². The van der Waals surface area contributed by atoms with E-state index in [4.69, 9.17) is 4.52 Å². The monoisotopic (exact) mass is 276 g/mol. The van der Waals surface area contributed by atoms with Gasteiger partial charge in [-0.05, 0) is 45.5 Å². The molecule has 1 unspecified atom stereocenters. The Morgan fingerprint density at radius 3 is 2.79 bits per heavy atom. The van der Waals surface area contributed by atoms with Crippen LogP contribution in [0.25, 0.3) is 0 Å². The molecule has 0 aliphatic heterocycles. The van der Waals surface area contributed by atoms with Gasteiger partial charge in [-0.3, -0.25) is 0 Å². The van der Waals surface area contributed by atoms with E-state index >= 15 is 0 Å². The van der Waals surface area contributed by atoms with Crippen molar-refractivity contribution < 1.29 is 4.52 Å². The Hall–Kier alpha value is -1.26. The summed E-state index contributed by atoms with van der Waals surface area (Å²) >= 11 is 1.82. The average Bonchev–Trinajstić information content (AvgIpc) is 2.75. The molecule has 0 saturated carbocycles. The van der Waals surface area contributed by atoms with Crippen LogP contribution in [-0.4, -0.2) is 12.2 Å². The normalized spacial score (nSPS) is 12.6. The van der Waals surface area contributed by atoms with E-state index in [1.165, 1.54) is 16.0 Å². The molecule has 2 aromatic rings. The maximum absolute atomic E-state index is 5.19. The van der Waals surface area contributed by atoms with E-state index in [0.29, 0.717) is 6.04 Å². The number of nitrogens with one attached hydrogen (secondary N) is 1. The summed E-state index contributed by atoms with van der Waals surface area (Å²) in [5.41, 5.74) is 3.51. The van der Waals surface area contributed by atoms with Crippen LogP contribution in [0, 0.1) is 13.8 Å². The summed E-state index contributed by atoms with van der Waals surface area (Å²) < 4.78 is 5.19. The van der Waals surface area contributed by atoms with E-state index in [-0.39, 0.29) is 0 Å². The van der Waals surface area contributed by atoms with Crippen LogP contribution in [0.1, 0.15) is 35.5 Å². The number of thioether (sulfide) groups is 1. The SMILES string of the molecule is CNC(C)c1cccc(SCc2c(C)noc2C)c1. The Morgan fingerprint density at radius 2 is 2.16 bits per heavy atom. The molecule has 0 amide bonds. The molecule has 0 aliphatic rings. The highest BCUT2D eigenvalue weighted by Gasteiger charge is 2.10. The molecule has 102 valence electrons. The molecule has 3 nitrogen and oxygen atoms in total. The molecule has 0 radical (unpaired) electrons. The van der Waals surface area contributed by atoms with Gasteiger partial charge in [0.15, 0.2) is 0 Å². The average molecular weight is 276 g/mol. The van der Waals surface area contributed by atoms with Gasteiger partial charge in [-0.2, -0.15) is 0 Å². The van der Waals surface area contributed by atoms with Crippen LogP contribution in [-0.2, 0) is 5.75 Å². The van der Waals surface area contributed by atoms with Crippen molar-refractivity contribution in [3.05, 3.63) is 46.8 Å². The Kier molecular flexibility index (Phi) is 4.66. The molecular weight excluding hydrogens is 256 g/mol. The van der Waals surface area contributed by atoms with Crippen molar-refractivity contribution in [3.8, 4) is 0 Å². The molecule has 19 heavy (non-hydrogen) atoms. The molecule has 4 heteroatoms. The number of rotatable bonds is 5. The number of aromatic nitrogens is 1. The maximum Gasteiger partial charge on any atom is 0.137 e. The first kappa shape index (κ1) is 14.2. The van der Waals surface area contributed by atoms with Gasteiger partial charge in [0, 0.05) is 22.3 Å². The van der Waals surface area contributed by atoms with Crippen molar-refractivity contribution in [2.75, 3.05) is 7.05 Å². The van der Waals surface area contributed by atoms with Crippen LogP contribution in [0.15, 0.2) is 33.7 Å². The summed E-state index contributed by atoms with van der Waals surface area (Å²) in [6, 6.07) is 9.03. The molecule has 1 aromatic carbocycles. The van der Waals surface area contributed by atoms with Gasteiger partial charge in [-0.15, -0.1) is 11.8 Å². The van der Waals surface area contributed by atoms with E-state index in [2.05, 4.69) is 41.7 Å². The molecule has 0 bridgehead atoms. The van der Waals surface area contributed by atoms with Gasteiger partial charge in [0.1, 0.15) is 5.76 Å². The van der Waals surface area contributed by atoms with Gasteiger partial charge in [-0.25, -0.2) is 0 Å². The topological polar surface area (TPSA) is 38.1 Å². The quantitative estimate of drug-likeness (QED) is 0.841. The third-order valence-corrected chi connectivity index (χ3v) is 4.38. The van der Waals surface area contributed by atoms with Crippen LogP contribution in [0.3, 0.4) is 0 Å². The van der Waals surface area contributed by atoms with E-state index in [1.807, 2.05) is 32.7 Å². The molecule has 1 N–H and O–H groups in total. The van der Waals surface area contributed by atoms with Gasteiger partial charge in [-0.1, -0.05) is 17.3 Å². The first-order valence-electron chi connectivity index (χ1n) is 6.43. The predicted octanol–water partition coefficient (Wildman–Crippen LogP) is 3.86. The fourth-order valence-electron chi connectivity index (χ4n) is 1.90. The molecule has 1 heterocycles. The third-order valence-electron chi connectivity index (χ3n) is 3.36. The third kappa shape index (κ3) is 3.39. The first-order valence-corrected chi connectivity index (χ1v) is 7.42. The second kappa shape index (κ2) is 6.26. The zero-order valence-corrected chi connectivity index (χ0v) is 12.7. The Morgan fingerprint density at radius 1 is 1.37 bits per heavy atom. The second-order valence-corrected chi connectivity index (χ2v) is 5.72. The Labute approximate surface area is 118 Å². The van der Waals surface area contributed by atoms with Crippen molar-refractivity contribution in [1.29, 1.82) is 0 Å². The Bertz CT molecular complexity index is 531. The summed E-state index contributed by atoms with van der Waals surface area (Å²) in [6.45, 7) is 6.12. The standard InChI is InChI=1S/C15H20N2OS/c1-10(16-4)13-6-5-7-14(8-13)19-9-15-11(2)17-18-12(15)3/h5-8,10,16H,9H2,1-4H3. The summed E-state index contributed by atoms with van der Waals surface area (Å²) in [6.07, 6.45) is 0. The van der Waals surface area contributed by atoms with Crippen molar-refractivity contribution in [2.45, 2.75) is 37.5 Å². The zero-order chi connectivity index (χ0) is 13.8. The summed E-state index contributed by atoms with van der Waals surface area (Å²) in [4.78, 5) is 1.28. The minimum absolute atomic E-state index is 0.375. The summed E-state index contributed by atoms with van der Waals surface area (Å²) in [5.74, 6) is 1.82. The van der Waals surface area contributed by atoms with Crippen LogP contribution in [0.4, 0.5) is 0 Å². The molecule has 0 aliphatic carbocycles. The highest BCUT2D eigenvalue weighted by Crippen LogP contribution is 2.27. The largest absolute Gasteiger partial charge is 0.361 e. The van der Waals surface area contributed by atoms with Crippen LogP contribution < -0.4 is 5.32 Å². The van der Waals surface area contributed by atoms with Crippen LogP contribution >= 0.6 is 11.8 Å². The van der Waals surface area contributed by atoms with Gasteiger partial charge in [0.2, 0.25) is 0 Å². The summed E-state index contributed by atoms with van der Waals surface area (Å²) in [7, 11) is 1.98. The Balaban J connectivity index is 2.08. The lowest BCUT2D eigenvalue weighted by Gasteiger charge is -2.11. The van der Waals surface area contributed by atoms with Gasteiger partial charge >= 0.3 is 0 Å². The molecule has 0 spiro atoms. The van der Waals surface area contributed by atoms with Gasteiger partial charge in [0.25, 0.3) is 0 Å². The molecular formula is C15H20N2OS. The lowest BCUT2D eigenvalue weighted by molar-refractivity contribution is 0.392. The summed E-state index contributed by atoms with van der Waals surface area (Å²) in [5, 5.41) is 7.25. The fraction of sp³-hybridized carbons (Fsp3) is 0.400. The first-order chi connectivity index (χ1) is 9.11. The van der Waals surface area contributed by atoms with Gasteiger partial charge < -0.3 is 9.84 Å². The molecule has 2 rings (SSSR count). The molecule has 0 saturated heterocycles. The zero-order valence-electron chi connectivity index (χ0n) is 11.9. The minimum Gasteiger partial charge on any atom is -0.361 e. The van der Waals surface area contributed by atoms with Crippen LogP contribution in [0.5, 0.6) is 0 Å². The lowest BCUT2D eigenvalue weighted by Crippen LogP contribution is -2.11. The second-order valence-electron chi connectivity index (χ2n) is 4.67. The molecule has 1 aromatic heterocycles.